The van der Waals surface area contributed by atoms with Gasteiger partial charge in [-0.3, -0.25) is 9.59 Å². The minimum atomic E-state index is -0.494. The zero-order valence-electron chi connectivity index (χ0n) is 12.3. The average Bonchev–Trinajstić information content (AvgIpc) is 2.80. The van der Waals surface area contributed by atoms with Crippen molar-refractivity contribution in [2.24, 2.45) is 0 Å². The van der Waals surface area contributed by atoms with Crippen molar-refractivity contribution in [1.29, 1.82) is 0 Å². The van der Waals surface area contributed by atoms with Crippen LogP contribution in [0.25, 0.3) is 11.6 Å². The van der Waals surface area contributed by atoms with E-state index in [1.807, 2.05) is 0 Å². The number of methoxy groups -OCH3 is 2. The molecule has 3 rings (SSSR count). The van der Waals surface area contributed by atoms with Crippen LogP contribution in [0.4, 0.5) is 0 Å². The molecule has 0 atom stereocenters. The molecule has 0 saturated heterocycles. The molecule has 2 aromatic carbocycles. The van der Waals surface area contributed by atoms with Gasteiger partial charge in [-0.2, -0.15) is 0 Å². The van der Waals surface area contributed by atoms with Crippen LogP contribution in [0.5, 0.6) is 11.5 Å². The maximum Gasteiger partial charge on any atom is 0.234 e. The normalized spacial score (nSPS) is 15.1. The average molecular weight is 294 g/mol. The molecule has 0 amide bonds. The summed E-state index contributed by atoms with van der Waals surface area (Å²) in [5, 5.41) is 0. The predicted molar refractivity (Wildman–Crippen MR) is 83.2 cm³/mol. The Kier molecular flexibility index (Phi) is 3.51. The number of carbonyl (C=O) groups is 2. The minimum Gasteiger partial charge on any atom is -0.497 e. The topological polar surface area (TPSA) is 52.6 Å². The molecule has 0 unspecified atom stereocenters. The number of ether oxygens (including phenoxy) is 2. The summed E-state index contributed by atoms with van der Waals surface area (Å²) in [5.41, 5.74) is 2.17. The third-order valence-electron chi connectivity index (χ3n) is 3.65. The molecule has 0 aromatic heterocycles. The lowest BCUT2D eigenvalue weighted by Crippen LogP contribution is -2.05. The fourth-order valence-electron chi connectivity index (χ4n) is 2.53. The molecule has 1 aliphatic carbocycles. The molecule has 1 aliphatic rings. The van der Waals surface area contributed by atoms with Crippen LogP contribution in [-0.2, 0) is 4.79 Å². The van der Waals surface area contributed by atoms with Crippen LogP contribution < -0.4 is 9.47 Å². The van der Waals surface area contributed by atoms with Crippen molar-refractivity contribution in [1.82, 2.24) is 0 Å². The van der Waals surface area contributed by atoms with Crippen LogP contribution >= 0.6 is 0 Å². The summed E-state index contributed by atoms with van der Waals surface area (Å²) in [6, 6.07) is 12.3. The molecule has 0 spiro atoms. The Bertz CT molecular complexity index is 802. The fourth-order valence-corrected chi connectivity index (χ4v) is 2.53. The van der Waals surface area contributed by atoms with Gasteiger partial charge in [0, 0.05) is 16.7 Å². The van der Waals surface area contributed by atoms with Gasteiger partial charge in [0.05, 0.1) is 14.2 Å². The molecule has 0 N–H and O–H groups in total. The SMILES string of the molecule is COc1ccc(OC)c(C=C2C(=O)C(=O)c3ccccc32)c1. The summed E-state index contributed by atoms with van der Waals surface area (Å²) in [6.45, 7) is 0. The first-order valence-corrected chi connectivity index (χ1v) is 6.78. The van der Waals surface area contributed by atoms with Crippen LogP contribution in [0.3, 0.4) is 0 Å². The summed E-state index contributed by atoms with van der Waals surface area (Å²) in [4.78, 5) is 24.3. The number of Topliss-reactive ketones (excluding diaryl/α,β-unsaturated/α-hetero) is 2. The van der Waals surface area contributed by atoms with Gasteiger partial charge >= 0.3 is 0 Å². The number of hydrogen-bond acceptors (Lipinski definition) is 4. The van der Waals surface area contributed by atoms with Crippen molar-refractivity contribution < 1.29 is 19.1 Å². The second-order valence-corrected chi connectivity index (χ2v) is 4.87. The van der Waals surface area contributed by atoms with E-state index in [-0.39, 0.29) is 0 Å². The van der Waals surface area contributed by atoms with Crippen LogP contribution in [-0.4, -0.2) is 25.8 Å². The summed E-state index contributed by atoms with van der Waals surface area (Å²) < 4.78 is 10.5. The van der Waals surface area contributed by atoms with Crippen molar-refractivity contribution >= 4 is 23.2 Å². The number of ketones is 2. The second kappa shape index (κ2) is 5.48. The van der Waals surface area contributed by atoms with Gasteiger partial charge in [-0.15, -0.1) is 0 Å². The van der Waals surface area contributed by atoms with E-state index < -0.39 is 11.6 Å². The molecule has 0 fully saturated rings. The number of carbonyl (C=O) groups excluding carboxylic acids is 2. The smallest absolute Gasteiger partial charge is 0.234 e. The molecule has 0 aliphatic heterocycles. The monoisotopic (exact) mass is 294 g/mol. The van der Waals surface area contributed by atoms with Crippen LogP contribution in [0.2, 0.25) is 0 Å². The molecule has 22 heavy (non-hydrogen) atoms. The highest BCUT2D eigenvalue weighted by molar-refractivity contribution is 6.64. The first kappa shape index (κ1) is 14.1. The lowest BCUT2D eigenvalue weighted by atomic mass is 10.0. The molecular weight excluding hydrogens is 280 g/mol. The van der Waals surface area contributed by atoms with Gasteiger partial charge in [0.15, 0.2) is 0 Å². The summed E-state index contributed by atoms with van der Waals surface area (Å²) in [7, 11) is 3.12. The molecule has 4 heteroatoms. The number of allylic oxidation sites excluding steroid dienone is 1. The quantitative estimate of drug-likeness (QED) is 0.645. The van der Waals surface area contributed by atoms with Gasteiger partial charge in [0.25, 0.3) is 0 Å². The first-order chi connectivity index (χ1) is 10.7. The van der Waals surface area contributed by atoms with Crippen molar-refractivity contribution in [2.75, 3.05) is 14.2 Å². The predicted octanol–water partition coefficient (Wildman–Crippen LogP) is 3.01. The van der Waals surface area contributed by atoms with Gasteiger partial charge in [0.2, 0.25) is 11.6 Å². The molecule has 4 nitrogen and oxygen atoms in total. The van der Waals surface area contributed by atoms with Gasteiger partial charge < -0.3 is 9.47 Å². The number of hydrogen-bond donors (Lipinski definition) is 0. The van der Waals surface area contributed by atoms with Crippen LogP contribution in [0.15, 0.2) is 42.5 Å². The van der Waals surface area contributed by atoms with Crippen molar-refractivity contribution in [3.63, 3.8) is 0 Å². The maximum absolute atomic E-state index is 12.2. The summed E-state index contributed by atoms with van der Waals surface area (Å²) in [6.07, 6.45) is 1.67. The third kappa shape index (κ3) is 2.19. The molecule has 0 bridgehead atoms. The Morgan fingerprint density at radius 1 is 0.864 bits per heavy atom. The zero-order valence-corrected chi connectivity index (χ0v) is 12.3. The molecular formula is C18H14O4. The van der Waals surface area contributed by atoms with Gasteiger partial charge in [-0.25, -0.2) is 0 Å². The Morgan fingerprint density at radius 3 is 2.27 bits per heavy atom. The van der Waals surface area contributed by atoms with Gasteiger partial charge in [-0.05, 0) is 29.8 Å². The Balaban J connectivity index is 2.17. The fraction of sp³-hybridized carbons (Fsp3) is 0.111. The van der Waals surface area contributed by atoms with Crippen LogP contribution in [0.1, 0.15) is 21.5 Å². The van der Waals surface area contributed by atoms with E-state index in [9.17, 15) is 9.59 Å². The largest absolute Gasteiger partial charge is 0.497 e. The first-order valence-electron chi connectivity index (χ1n) is 6.78. The highest BCUT2D eigenvalue weighted by atomic mass is 16.5. The molecule has 0 heterocycles. The molecule has 0 radical (unpaired) electrons. The maximum atomic E-state index is 12.2. The van der Waals surface area contributed by atoms with E-state index in [2.05, 4.69) is 0 Å². The Morgan fingerprint density at radius 2 is 1.59 bits per heavy atom. The number of fused-ring (bicyclic) bond motifs is 1. The number of rotatable bonds is 3. The van der Waals surface area contributed by atoms with Gasteiger partial charge in [0.1, 0.15) is 11.5 Å². The molecule has 0 saturated carbocycles. The van der Waals surface area contributed by atoms with Crippen molar-refractivity contribution in [3.05, 3.63) is 59.2 Å². The minimum absolute atomic E-state index is 0.382. The lowest BCUT2D eigenvalue weighted by Gasteiger charge is -2.08. The van der Waals surface area contributed by atoms with E-state index in [1.165, 1.54) is 0 Å². The molecule has 110 valence electrons. The Labute approximate surface area is 128 Å². The second-order valence-electron chi connectivity index (χ2n) is 4.87. The number of benzene rings is 2. The van der Waals surface area contributed by atoms with E-state index in [1.54, 1.807) is 62.8 Å². The summed E-state index contributed by atoms with van der Waals surface area (Å²) in [5.74, 6) is 0.297. The van der Waals surface area contributed by atoms with Gasteiger partial charge in [-0.1, -0.05) is 24.3 Å². The van der Waals surface area contributed by atoms with E-state index >= 15 is 0 Å². The summed E-state index contributed by atoms with van der Waals surface area (Å²) >= 11 is 0. The van der Waals surface area contributed by atoms with E-state index in [0.29, 0.717) is 33.8 Å². The molecule has 2 aromatic rings. The lowest BCUT2D eigenvalue weighted by molar-refractivity contribution is -0.109. The van der Waals surface area contributed by atoms with Crippen LogP contribution in [0, 0.1) is 0 Å². The standard InChI is InChI=1S/C18H14O4/c1-21-12-7-8-16(22-2)11(9-12)10-15-13-5-3-4-6-14(13)17(19)18(15)20/h3-10H,1-2H3. The van der Waals surface area contributed by atoms with E-state index in [0.717, 1.165) is 0 Å². The van der Waals surface area contributed by atoms with Crippen molar-refractivity contribution in [3.8, 4) is 11.5 Å². The van der Waals surface area contributed by atoms with Crippen molar-refractivity contribution in [2.45, 2.75) is 0 Å². The third-order valence-corrected chi connectivity index (χ3v) is 3.65. The zero-order chi connectivity index (χ0) is 15.7. The highest BCUT2D eigenvalue weighted by Crippen LogP contribution is 2.34. The highest BCUT2D eigenvalue weighted by Gasteiger charge is 2.32. The van der Waals surface area contributed by atoms with E-state index in [4.69, 9.17) is 9.47 Å². The Hall–Kier alpha value is -2.88.